The van der Waals surface area contributed by atoms with Crippen LogP contribution >= 0.6 is 0 Å². The Morgan fingerprint density at radius 3 is 2.69 bits per heavy atom. The maximum atomic E-state index is 9.01. The number of nitrogens with two attached hydrogens (primary N) is 1. The first-order valence-corrected chi connectivity index (χ1v) is 6.11. The monoisotopic (exact) mass is 231 g/mol. The Hall–Kier alpha value is -0.160. The Balaban J connectivity index is 2.17. The lowest BCUT2D eigenvalue weighted by atomic mass is 9.94. The highest BCUT2D eigenvalue weighted by molar-refractivity contribution is 4.78. The van der Waals surface area contributed by atoms with Crippen molar-refractivity contribution in [3.8, 4) is 0 Å². The Labute approximate surface area is 98.1 Å². The number of ether oxygens (including phenoxy) is 2. The Kier molecular flexibility index (Phi) is 5.69. The van der Waals surface area contributed by atoms with Crippen LogP contribution in [0.15, 0.2) is 0 Å². The summed E-state index contributed by atoms with van der Waals surface area (Å²) in [6.45, 7) is 2.46. The van der Waals surface area contributed by atoms with Crippen LogP contribution in [-0.2, 0) is 9.47 Å². The van der Waals surface area contributed by atoms with Gasteiger partial charge in [-0.25, -0.2) is 0 Å². The number of hydrogen-bond donors (Lipinski definition) is 2. The molecule has 1 saturated carbocycles. The lowest BCUT2D eigenvalue weighted by Gasteiger charge is -2.29. The summed E-state index contributed by atoms with van der Waals surface area (Å²) in [5.41, 5.74) is 5.31. The van der Waals surface area contributed by atoms with Gasteiger partial charge in [0.15, 0.2) is 0 Å². The zero-order chi connectivity index (χ0) is 12.0. The molecule has 1 rings (SSSR count). The second kappa shape index (κ2) is 6.55. The van der Waals surface area contributed by atoms with Crippen LogP contribution < -0.4 is 5.73 Å². The van der Waals surface area contributed by atoms with E-state index >= 15 is 0 Å². The maximum Gasteiger partial charge on any atom is 0.0609 e. The minimum absolute atomic E-state index is 0.00171. The van der Waals surface area contributed by atoms with Crippen molar-refractivity contribution in [1.29, 1.82) is 0 Å². The van der Waals surface area contributed by atoms with Crippen molar-refractivity contribution in [2.75, 3.05) is 20.3 Å². The first kappa shape index (κ1) is 13.9. The van der Waals surface area contributed by atoms with Gasteiger partial charge >= 0.3 is 0 Å². The molecule has 4 heteroatoms. The van der Waals surface area contributed by atoms with Crippen molar-refractivity contribution in [3.63, 3.8) is 0 Å². The van der Waals surface area contributed by atoms with E-state index in [1.54, 1.807) is 7.11 Å². The molecule has 3 N–H and O–H groups in total. The first-order chi connectivity index (χ1) is 7.57. The smallest absolute Gasteiger partial charge is 0.0609 e. The molecule has 0 saturated heterocycles. The second-order valence-electron chi connectivity index (χ2n) is 5.08. The Morgan fingerprint density at radius 1 is 1.38 bits per heavy atom. The molecule has 0 bridgehead atoms. The lowest BCUT2D eigenvalue weighted by Crippen LogP contribution is -2.41. The minimum atomic E-state index is -0.519. The minimum Gasteiger partial charge on any atom is -0.394 e. The van der Waals surface area contributed by atoms with E-state index < -0.39 is 5.54 Å². The molecule has 3 unspecified atom stereocenters. The number of aliphatic hydroxyl groups is 1. The molecule has 0 heterocycles. The van der Waals surface area contributed by atoms with Crippen LogP contribution in [0.5, 0.6) is 0 Å². The summed E-state index contributed by atoms with van der Waals surface area (Å²) in [5.74, 6) is 0. The van der Waals surface area contributed by atoms with Crippen LogP contribution in [0.25, 0.3) is 0 Å². The number of hydrogen-bond acceptors (Lipinski definition) is 4. The summed E-state index contributed by atoms with van der Waals surface area (Å²) < 4.78 is 11.1. The van der Waals surface area contributed by atoms with Crippen molar-refractivity contribution >= 4 is 0 Å². The zero-order valence-corrected chi connectivity index (χ0v) is 10.4. The summed E-state index contributed by atoms with van der Waals surface area (Å²) in [4.78, 5) is 0. The standard InChI is InChI=1S/C12H25NO3/c1-12(13,9-14)6-7-16-11-5-3-4-10(8-11)15-2/h10-11,14H,3-9,13H2,1-2H3. The number of aliphatic hydroxyl groups excluding tert-OH is 1. The molecule has 0 spiro atoms. The third-order valence-electron chi connectivity index (χ3n) is 3.30. The fourth-order valence-electron chi connectivity index (χ4n) is 2.01. The van der Waals surface area contributed by atoms with Crippen LogP contribution in [0.1, 0.15) is 39.0 Å². The molecule has 0 aromatic rings. The van der Waals surface area contributed by atoms with Gasteiger partial charge in [0.05, 0.1) is 18.8 Å². The molecule has 0 amide bonds. The lowest BCUT2D eigenvalue weighted by molar-refractivity contribution is -0.0346. The van der Waals surface area contributed by atoms with Gasteiger partial charge in [-0.2, -0.15) is 0 Å². The van der Waals surface area contributed by atoms with Gasteiger partial charge < -0.3 is 20.3 Å². The van der Waals surface area contributed by atoms with Crippen LogP contribution in [0.3, 0.4) is 0 Å². The van der Waals surface area contributed by atoms with Gasteiger partial charge in [-0.3, -0.25) is 0 Å². The van der Waals surface area contributed by atoms with E-state index in [0.29, 0.717) is 25.2 Å². The molecule has 0 aliphatic heterocycles. The molecular formula is C12H25NO3. The van der Waals surface area contributed by atoms with Gasteiger partial charge in [0.1, 0.15) is 0 Å². The Morgan fingerprint density at radius 2 is 2.06 bits per heavy atom. The van der Waals surface area contributed by atoms with Gasteiger partial charge in [0, 0.05) is 19.3 Å². The second-order valence-corrected chi connectivity index (χ2v) is 5.08. The number of rotatable bonds is 6. The average molecular weight is 231 g/mol. The van der Waals surface area contributed by atoms with Crippen LogP contribution in [-0.4, -0.2) is 43.2 Å². The van der Waals surface area contributed by atoms with Crippen molar-refractivity contribution < 1.29 is 14.6 Å². The van der Waals surface area contributed by atoms with Crippen molar-refractivity contribution in [3.05, 3.63) is 0 Å². The van der Waals surface area contributed by atoms with E-state index in [4.69, 9.17) is 20.3 Å². The summed E-state index contributed by atoms with van der Waals surface area (Å²) in [6.07, 6.45) is 5.74. The predicted octanol–water partition coefficient (Wildman–Crippen LogP) is 1.06. The molecule has 0 radical (unpaired) electrons. The molecule has 4 nitrogen and oxygen atoms in total. The van der Waals surface area contributed by atoms with E-state index in [0.717, 1.165) is 19.3 Å². The van der Waals surface area contributed by atoms with E-state index in [9.17, 15) is 0 Å². The van der Waals surface area contributed by atoms with Gasteiger partial charge in [0.25, 0.3) is 0 Å². The summed E-state index contributed by atoms with van der Waals surface area (Å²) in [5, 5.41) is 9.01. The van der Waals surface area contributed by atoms with Crippen LogP contribution in [0.2, 0.25) is 0 Å². The fourth-order valence-corrected chi connectivity index (χ4v) is 2.01. The summed E-state index contributed by atoms with van der Waals surface area (Å²) in [7, 11) is 1.76. The summed E-state index contributed by atoms with van der Waals surface area (Å²) in [6, 6.07) is 0. The normalized spacial score (nSPS) is 30.0. The zero-order valence-electron chi connectivity index (χ0n) is 10.4. The largest absolute Gasteiger partial charge is 0.394 e. The number of methoxy groups -OCH3 is 1. The molecular weight excluding hydrogens is 206 g/mol. The van der Waals surface area contributed by atoms with Gasteiger partial charge in [-0.05, 0) is 39.0 Å². The SMILES string of the molecule is COC1CCCC(OCCC(C)(N)CO)C1. The Bertz CT molecular complexity index is 197. The maximum absolute atomic E-state index is 9.01. The van der Waals surface area contributed by atoms with E-state index in [2.05, 4.69) is 0 Å². The molecule has 0 aromatic heterocycles. The fraction of sp³-hybridized carbons (Fsp3) is 1.00. The van der Waals surface area contributed by atoms with E-state index in [-0.39, 0.29) is 6.61 Å². The highest BCUT2D eigenvalue weighted by atomic mass is 16.5. The highest BCUT2D eigenvalue weighted by Gasteiger charge is 2.23. The molecule has 16 heavy (non-hydrogen) atoms. The van der Waals surface area contributed by atoms with Crippen molar-refractivity contribution in [1.82, 2.24) is 0 Å². The molecule has 0 aromatic carbocycles. The van der Waals surface area contributed by atoms with Gasteiger partial charge in [-0.1, -0.05) is 0 Å². The molecule has 1 fully saturated rings. The predicted molar refractivity (Wildman–Crippen MR) is 63.3 cm³/mol. The quantitative estimate of drug-likeness (QED) is 0.717. The van der Waals surface area contributed by atoms with Crippen molar-refractivity contribution in [2.24, 2.45) is 5.73 Å². The topological polar surface area (TPSA) is 64.7 Å². The van der Waals surface area contributed by atoms with Crippen LogP contribution in [0.4, 0.5) is 0 Å². The third kappa shape index (κ3) is 4.78. The van der Waals surface area contributed by atoms with Crippen LogP contribution in [0, 0.1) is 0 Å². The van der Waals surface area contributed by atoms with E-state index in [1.165, 1.54) is 6.42 Å². The molecule has 96 valence electrons. The average Bonchev–Trinajstić information content (AvgIpc) is 2.29. The first-order valence-electron chi connectivity index (χ1n) is 6.11. The van der Waals surface area contributed by atoms with E-state index in [1.807, 2.05) is 6.92 Å². The summed E-state index contributed by atoms with van der Waals surface area (Å²) >= 11 is 0. The molecule has 3 atom stereocenters. The van der Waals surface area contributed by atoms with Crippen molar-refractivity contribution in [2.45, 2.75) is 56.8 Å². The van der Waals surface area contributed by atoms with Gasteiger partial charge in [0.2, 0.25) is 0 Å². The molecule has 1 aliphatic rings. The third-order valence-corrected chi connectivity index (χ3v) is 3.30. The highest BCUT2D eigenvalue weighted by Crippen LogP contribution is 2.23. The molecule has 1 aliphatic carbocycles. The van der Waals surface area contributed by atoms with Gasteiger partial charge in [-0.15, -0.1) is 0 Å².